The summed E-state index contributed by atoms with van der Waals surface area (Å²) in [5.74, 6) is 3.88. The minimum atomic E-state index is 0.0615. The first kappa shape index (κ1) is 20.8. The zero-order valence-electron chi connectivity index (χ0n) is 19.0. The van der Waals surface area contributed by atoms with Crippen LogP contribution in [0, 0.1) is 40.9 Å². The summed E-state index contributed by atoms with van der Waals surface area (Å²) in [4.78, 5) is 25.0. The van der Waals surface area contributed by atoms with E-state index >= 15 is 0 Å². The molecule has 0 radical (unpaired) electrons. The van der Waals surface area contributed by atoms with Gasteiger partial charge in [-0.2, -0.15) is 0 Å². The van der Waals surface area contributed by atoms with Crippen molar-refractivity contribution in [3.63, 3.8) is 0 Å². The predicted molar refractivity (Wildman–Crippen MR) is 118 cm³/mol. The number of ketones is 1. The van der Waals surface area contributed by atoms with Gasteiger partial charge >= 0.3 is 5.97 Å². The Morgan fingerprint density at radius 1 is 1.00 bits per heavy atom. The van der Waals surface area contributed by atoms with E-state index in [1.807, 2.05) is 6.08 Å². The molecule has 3 heteroatoms. The molecule has 0 aliphatic heterocycles. The summed E-state index contributed by atoms with van der Waals surface area (Å²) >= 11 is 0. The predicted octanol–water partition coefficient (Wildman–Crippen LogP) is 6.26. The molecular weight excluding hydrogens is 372 g/mol. The Morgan fingerprint density at radius 2 is 1.80 bits per heavy atom. The Balaban J connectivity index is 1.27. The number of hydrogen-bond donors (Lipinski definition) is 0. The summed E-state index contributed by atoms with van der Waals surface area (Å²) in [6, 6.07) is 0. The average molecular weight is 413 g/mol. The van der Waals surface area contributed by atoms with E-state index in [9.17, 15) is 9.59 Å². The third-order valence-corrected chi connectivity index (χ3v) is 10.2. The topological polar surface area (TPSA) is 43.4 Å². The summed E-state index contributed by atoms with van der Waals surface area (Å²) in [6.45, 7) is 4.54. The number of ether oxygens (including phenoxy) is 1. The maximum atomic E-state index is 13.1. The Kier molecular flexibility index (Phi) is 5.60. The molecule has 166 valence electrons. The second kappa shape index (κ2) is 8.10. The van der Waals surface area contributed by atoms with E-state index in [0.29, 0.717) is 23.5 Å². The van der Waals surface area contributed by atoms with E-state index in [2.05, 4.69) is 13.8 Å². The molecule has 0 heterocycles. The van der Waals surface area contributed by atoms with Gasteiger partial charge in [0.15, 0.2) is 5.78 Å². The van der Waals surface area contributed by atoms with Crippen LogP contribution in [0.5, 0.6) is 0 Å². The number of carbonyl (C=O) groups is 2. The van der Waals surface area contributed by atoms with Crippen molar-refractivity contribution >= 4 is 11.8 Å². The number of rotatable bonds is 3. The number of fused-ring (bicyclic) bond motifs is 5. The maximum Gasteiger partial charge on any atom is 0.309 e. The highest BCUT2D eigenvalue weighted by atomic mass is 16.5. The van der Waals surface area contributed by atoms with Gasteiger partial charge in [0.1, 0.15) is 6.10 Å². The molecular formula is C27H40O3. The molecule has 0 saturated heterocycles. The standard InChI is InChI=1S/C27H40O3/c1-17(18-6-4-3-5-7-18)26(29)30-25-13-12-24-23-10-8-19-16-20(28)9-11-21(19)22(23)14-15-27(24,25)2/h16-18,21-25H,3-15H2,1-2H3/t17?,21-,22+,23+,24-,25-,27-/m0/s1. The van der Waals surface area contributed by atoms with Crippen LogP contribution in [-0.2, 0) is 14.3 Å². The van der Waals surface area contributed by atoms with E-state index in [1.165, 1.54) is 63.4 Å². The lowest BCUT2D eigenvalue weighted by Crippen LogP contribution is -2.48. The Labute approximate surface area is 182 Å². The van der Waals surface area contributed by atoms with Gasteiger partial charge in [0.05, 0.1) is 5.92 Å². The molecule has 4 fully saturated rings. The Hall–Kier alpha value is -1.12. The van der Waals surface area contributed by atoms with Gasteiger partial charge in [-0.15, -0.1) is 0 Å². The van der Waals surface area contributed by atoms with Gasteiger partial charge in [0.2, 0.25) is 0 Å². The average Bonchev–Trinajstić information content (AvgIpc) is 3.09. The van der Waals surface area contributed by atoms with Crippen molar-refractivity contribution in [2.45, 2.75) is 103 Å². The van der Waals surface area contributed by atoms with Crippen LogP contribution >= 0.6 is 0 Å². The van der Waals surface area contributed by atoms with Crippen LogP contribution in [0.4, 0.5) is 0 Å². The van der Waals surface area contributed by atoms with E-state index < -0.39 is 0 Å². The first-order valence-corrected chi connectivity index (χ1v) is 12.9. The summed E-state index contributed by atoms with van der Waals surface area (Å²) in [7, 11) is 0. The molecule has 0 amide bonds. The highest BCUT2D eigenvalue weighted by Crippen LogP contribution is 2.62. The van der Waals surface area contributed by atoms with Crippen LogP contribution in [0.1, 0.15) is 97.3 Å². The Bertz CT molecular complexity index is 718. The van der Waals surface area contributed by atoms with Gasteiger partial charge in [-0.1, -0.05) is 38.7 Å². The molecule has 0 bridgehead atoms. The Morgan fingerprint density at radius 3 is 2.60 bits per heavy atom. The normalized spacial score (nSPS) is 42.5. The van der Waals surface area contributed by atoms with Gasteiger partial charge in [0, 0.05) is 11.8 Å². The smallest absolute Gasteiger partial charge is 0.309 e. The third-order valence-electron chi connectivity index (χ3n) is 10.2. The second-order valence-corrected chi connectivity index (χ2v) is 11.5. The minimum Gasteiger partial charge on any atom is -0.462 e. The molecule has 0 aromatic rings. The fraction of sp³-hybridized carbons (Fsp3) is 0.852. The van der Waals surface area contributed by atoms with Crippen LogP contribution in [0.3, 0.4) is 0 Å². The first-order chi connectivity index (χ1) is 14.5. The van der Waals surface area contributed by atoms with Crippen molar-refractivity contribution in [2.75, 3.05) is 0 Å². The molecule has 5 rings (SSSR count). The lowest BCUT2D eigenvalue weighted by molar-refractivity contribution is -0.165. The van der Waals surface area contributed by atoms with Crippen molar-refractivity contribution < 1.29 is 14.3 Å². The van der Waals surface area contributed by atoms with E-state index in [4.69, 9.17) is 4.74 Å². The van der Waals surface area contributed by atoms with Gasteiger partial charge in [-0.05, 0) is 93.5 Å². The number of esters is 1. The highest BCUT2D eigenvalue weighted by molar-refractivity contribution is 5.91. The van der Waals surface area contributed by atoms with Gasteiger partial charge in [-0.25, -0.2) is 0 Å². The van der Waals surface area contributed by atoms with Crippen LogP contribution < -0.4 is 0 Å². The van der Waals surface area contributed by atoms with E-state index in [1.54, 1.807) is 0 Å². The maximum absolute atomic E-state index is 13.1. The van der Waals surface area contributed by atoms with Crippen molar-refractivity contribution in [1.29, 1.82) is 0 Å². The molecule has 0 aromatic carbocycles. The molecule has 5 aliphatic carbocycles. The molecule has 3 nitrogen and oxygen atoms in total. The van der Waals surface area contributed by atoms with Crippen molar-refractivity contribution in [3.8, 4) is 0 Å². The molecule has 0 aromatic heterocycles. The molecule has 0 N–H and O–H groups in total. The van der Waals surface area contributed by atoms with Crippen molar-refractivity contribution in [2.24, 2.45) is 40.9 Å². The fourth-order valence-electron chi connectivity index (χ4n) is 8.40. The van der Waals surface area contributed by atoms with Crippen molar-refractivity contribution in [3.05, 3.63) is 11.6 Å². The lowest BCUT2D eigenvalue weighted by atomic mass is 9.52. The lowest BCUT2D eigenvalue weighted by Gasteiger charge is -2.53. The second-order valence-electron chi connectivity index (χ2n) is 11.5. The van der Waals surface area contributed by atoms with E-state index in [-0.39, 0.29) is 23.4 Å². The van der Waals surface area contributed by atoms with E-state index in [0.717, 1.165) is 37.5 Å². The zero-order chi connectivity index (χ0) is 20.9. The van der Waals surface area contributed by atoms with Crippen molar-refractivity contribution in [1.82, 2.24) is 0 Å². The number of carbonyl (C=O) groups excluding carboxylic acids is 2. The number of hydrogen-bond acceptors (Lipinski definition) is 3. The third kappa shape index (κ3) is 3.48. The van der Waals surface area contributed by atoms with Crippen LogP contribution in [0.25, 0.3) is 0 Å². The quantitative estimate of drug-likeness (QED) is 0.514. The fourth-order valence-corrected chi connectivity index (χ4v) is 8.40. The first-order valence-electron chi connectivity index (χ1n) is 12.9. The molecule has 1 unspecified atom stereocenters. The van der Waals surface area contributed by atoms with Crippen LogP contribution in [-0.4, -0.2) is 17.9 Å². The van der Waals surface area contributed by atoms with Gasteiger partial charge in [-0.3, -0.25) is 9.59 Å². The summed E-state index contributed by atoms with van der Waals surface area (Å²) < 4.78 is 6.30. The van der Waals surface area contributed by atoms with Crippen LogP contribution in [0.2, 0.25) is 0 Å². The number of allylic oxidation sites excluding steroid dienone is 1. The van der Waals surface area contributed by atoms with Gasteiger partial charge in [0.25, 0.3) is 0 Å². The zero-order valence-corrected chi connectivity index (χ0v) is 19.0. The summed E-state index contributed by atoms with van der Waals surface area (Å²) in [5, 5.41) is 0. The minimum absolute atomic E-state index is 0.0615. The monoisotopic (exact) mass is 412 g/mol. The van der Waals surface area contributed by atoms with Gasteiger partial charge < -0.3 is 4.74 Å². The van der Waals surface area contributed by atoms with Crippen LogP contribution in [0.15, 0.2) is 11.6 Å². The molecule has 4 saturated carbocycles. The molecule has 7 atom stereocenters. The summed E-state index contributed by atoms with van der Waals surface area (Å²) in [6.07, 6.45) is 17.3. The summed E-state index contributed by atoms with van der Waals surface area (Å²) in [5.41, 5.74) is 1.62. The molecule has 5 aliphatic rings. The molecule has 0 spiro atoms. The molecule has 30 heavy (non-hydrogen) atoms. The largest absolute Gasteiger partial charge is 0.462 e. The highest BCUT2D eigenvalue weighted by Gasteiger charge is 2.57. The SMILES string of the molecule is CC(C(=O)O[C@H]1CC[C@H]2[C@@H]3CCC4=CC(=O)CC[C@@H]4[C@H]3CC[C@]12C)C1CCCCC1.